The Kier molecular flexibility index (Phi) is 9.77. The molecule has 0 aliphatic rings. The summed E-state index contributed by atoms with van der Waals surface area (Å²) < 4.78 is 4.82. The lowest BCUT2D eigenvalue weighted by molar-refractivity contribution is -0.0769. The van der Waals surface area contributed by atoms with Crippen LogP contribution in [0.1, 0.15) is 12.8 Å². The molecule has 0 fully saturated rings. The van der Waals surface area contributed by atoms with E-state index in [1.165, 1.54) is 18.2 Å². The molecule has 0 heterocycles. The molecule has 0 saturated carbocycles. The second kappa shape index (κ2) is 10.5. The average molecular weight is 276 g/mol. The number of phenols is 2. The summed E-state index contributed by atoms with van der Waals surface area (Å²) in [6.07, 6.45) is -2.42. The van der Waals surface area contributed by atoms with Gasteiger partial charge in [0.15, 0.2) is 12.6 Å². The molecule has 0 amide bonds. The fourth-order valence-corrected chi connectivity index (χ4v) is 0.973. The summed E-state index contributed by atoms with van der Waals surface area (Å²) in [5.41, 5.74) is 0. The van der Waals surface area contributed by atoms with Gasteiger partial charge in [-0.05, 0) is 12.1 Å². The summed E-state index contributed by atoms with van der Waals surface area (Å²) in [4.78, 5) is 0. The monoisotopic (exact) mass is 276 g/mol. The highest BCUT2D eigenvalue weighted by Gasteiger charge is 1.99. The highest BCUT2D eigenvalue weighted by molar-refractivity contribution is 5.30. The minimum Gasteiger partial charge on any atom is -0.508 e. The molecule has 19 heavy (non-hydrogen) atoms. The van der Waals surface area contributed by atoms with Crippen molar-refractivity contribution in [2.75, 3.05) is 13.2 Å². The quantitative estimate of drug-likeness (QED) is 0.305. The highest BCUT2D eigenvalue weighted by Crippen LogP contribution is 2.14. The Bertz CT molecular complexity index is 300. The molecule has 1 rings (SSSR count). The van der Waals surface area contributed by atoms with Crippen molar-refractivity contribution in [3.8, 4) is 11.5 Å². The van der Waals surface area contributed by atoms with Gasteiger partial charge in [-0.15, -0.1) is 0 Å². The van der Waals surface area contributed by atoms with Crippen LogP contribution in [0.5, 0.6) is 11.5 Å². The van der Waals surface area contributed by atoms with Gasteiger partial charge >= 0.3 is 0 Å². The van der Waals surface area contributed by atoms with Crippen molar-refractivity contribution in [3.05, 3.63) is 24.3 Å². The molecule has 0 atom stereocenters. The molecule has 1 aromatic rings. The van der Waals surface area contributed by atoms with E-state index < -0.39 is 12.6 Å². The van der Waals surface area contributed by atoms with Crippen molar-refractivity contribution in [1.29, 1.82) is 0 Å². The Morgan fingerprint density at radius 3 is 1.53 bits per heavy atom. The minimum atomic E-state index is -1.35. The maximum Gasteiger partial charge on any atom is 0.153 e. The van der Waals surface area contributed by atoms with E-state index in [0.717, 1.165) is 0 Å². The summed E-state index contributed by atoms with van der Waals surface area (Å²) in [5, 5.41) is 50.7. The van der Waals surface area contributed by atoms with Crippen LogP contribution in [-0.4, -0.2) is 56.4 Å². The number of hydrogen-bond donors (Lipinski definition) is 6. The third-order valence-corrected chi connectivity index (χ3v) is 1.87. The van der Waals surface area contributed by atoms with E-state index in [4.69, 9.17) is 35.4 Å². The SMILES string of the molecule is OC(O)CCOCCC(O)O.Oc1cccc(O)c1. The van der Waals surface area contributed by atoms with Crippen molar-refractivity contribution in [2.45, 2.75) is 25.4 Å². The van der Waals surface area contributed by atoms with Crippen LogP contribution in [-0.2, 0) is 4.74 Å². The number of aromatic hydroxyl groups is 2. The van der Waals surface area contributed by atoms with E-state index in [1.54, 1.807) is 6.07 Å². The Hall–Kier alpha value is -1.38. The second-order valence-electron chi connectivity index (χ2n) is 3.67. The topological polar surface area (TPSA) is 131 Å². The summed E-state index contributed by atoms with van der Waals surface area (Å²) in [6, 6.07) is 5.85. The van der Waals surface area contributed by atoms with Gasteiger partial charge in [0.2, 0.25) is 0 Å². The number of aliphatic hydroxyl groups excluding tert-OH is 2. The van der Waals surface area contributed by atoms with Gasteiger partial charge < -0.3 is 35.4 Å². The average Bonchev–Trinajstić information content (AvgIpc) is 2.28. The Morgan fingerprint density at radius 2 is 1.26 bits per heavy atom. The molecule has 0 saturated heterocycles. The second-order valence-corrected chi connectivity index (χ2v) is 3.67. The fraction of sp³-hybridized carbons (Fsp3) is 0.500. The molecule has 7 heteroatoms. The van der Waals surface area contributed by atoms with Crippen molar-refractivity contribution in [2.24, 2.45) is 0 Å². The molecule has 6 N–H and O–H groups in total. The first-order valence-electron chi connectivity index (χ1n) is 5.70. The molecule has 0 aromatic heterocycles. The summed E-state index contributed by atoms with van der Waals surface area (Å²) in [7, 11) is 0. The van der Waals surface area contributed by atoms with Crippen LogP contribution in [0.2, 0.25) is 0 Å². The van der Waals surface area contributed by atoms with Crippen LogP contribution in [0, 0.1) is 0 Å². The number of ether oxygens (including phenoxy) is 1. The summed E-state index contributed by atoms with van der Waals surface area (Å²) >= 11 is 0. The number of phenolic OH excluding ortho intramolecular Hbond substituents is 2. The van der Waals surface area contributed by atoms with Crippen LogP contribution in [0.4, 0.5) is 0 Å². The smallest absolute Gasteiger partial charge is 0.153 e. The maximum absolute atomic E-state index is 8.65. The molecule has 0 bridgehead atoms. The van der Waals surface area contributed by atoms with Crippen LogP contribution in [0.3, 0.4) is 0 Å². The van der Waals surface area contributed by atoms with E-state index in [2.05, 4.69) is 0 Å². The lowest BCUT2D eigenvalue weighted by Crippen LogP contribution is -2.12. The fourth-order valence-electron chi connectivity index (χ4n) is 0.973. The minimum absolute atomic E-state index is 0.0880. The third-order valence-electron chi connectivity index (χ3n) is 1.87. The molecular weight excluding hydrogens is 256 g/mol. The standard InChI is InChI=1S/C6H14O5.C6H6O2/c7-5(8)1-3-11-4-2-6(9)10;7-5-2-1-3-6(8)4-5/h5-10H,1-4H2;1-4,7-8H. The maximum atomic E-state index is 8.65. The van der Waals surface area contributed by atoms with E-state index in [0.29, 0.717) is 0 Å². The van der Waals surface area contributed by atoms with Crippen LogP contribution in [0.15, 0.2) is 24.3 Å². The van der Waals surface area contributed by atoms with Gasteiger partial charge in [-0.2, -0.15) is 0 Å². The highest BCUT2D eigenvalue weighted by atomic mass is 16.5. The molecule has 0 aliphatic heterocycles. The number of benzene rings is 1. The summed E-state index contributed by atoms with van der Waals surface area (Å²) in [6.45, 7) is 0.425. The normalized spacial score (nSPS) is 10.4. The van der Waals surface area contributed by atoms with E-state index in [9.17, 15) is 0 Å². The molecular formula is C12H20O7. The Labute approximate surface area is 111 Å². The third kappa shape index (κ3) is 12.9. The lowest BCUT2D eigenvalue weighted by atomic mass is 10.3. The zero-order valence-corrected chi connectivity index (χ0v) is 10.4. The first-order chi connectivity index (χ1) is 8.91. The Morgan fingerprint density at radius 1 is 0.842 bits per heavy atom. The molecule has 110 valence electrons. The van der Waals surface area contributed by atoms with E-state index in [1.807, 2.05) is 0 Å². The largest absolute Gasteiger partial charge is 0.508 e. The van der Waals surface area contributed by atoms with E-state index in [-0.39, 0.29) is 37.6 Å². The first kappa shape index (κ1) is 17.6. The van der Waals surface area contributed by atoms with Crippen LogP contribution >= 0.6 is 0 Å². The summed E-state index contributed by atoms with van der Waals surface area (Å²) in [5.74, 6) is 0.176. The Balaban J connectivity index is 0.000000356. The molecule has 1 aromatic carbocycles. The van der Waals surface area contributed by atoms with Gasteiger partial charge in [0.05, 0.1) is 13.2 Å². The van der Waals surface area contributed by atoms with E-state index >= 15 is 0 Å². The number of rotatable bonds is 6. The first-order valence-corrected chi connectivity index (χ1v) is 5.70. The zero-order valence-electron chi connectivity index (χ0n) is 10.4. The number of hydrogen-bond acceptors (Lipinski definition) is 7. The van der Waals surface area contributed by atoms with Crippen molar-refractivity contribution >= 4 is 0 Å². The van der Waals surface area contributed by atoms with Crippen molar-refractivity contribution < 1.29 is 35.4 Å². The van der Waals surface area contributed by atoms with Crippen molar-refractivity contribution in [3.63, 3.8) is 0 Å². The van der Waals surface area contributed by atoms with Crippen LogP contribution < -0.4 is 0 Å². The molecule has 7 nitrogen and oxygen atoms in total. The molecule has 0 aliphatic carbocycles. The predicted molar refractivity (Wildman–Crippen MR) is 66.3 cm³/mol. The van der Waals surface area contributed by atoms with Crippen LogP contribution in [0.25, 0.3) is 0 Å². The van der Waals surface area contributed by atoms with Gasteiger partial charge in [0, 0.05) is 18.9 Å². The predicted octanol–water partition coefficient (Wildman–Crippen LogP) is -0.498. The van der Waals surface area contributed by atoms with Gasteiger partial charge in [-0.25, -0.2) is 0 Å². The zero-order chi connectivity index (χ0) is 14.7. The van der Waals surface area contributed by atoms with Gasteiger partial charge in [0.25, 0.3) is 0 Å². The molecule has 0 unspecified atom stereocenters. The van der Waals surface area contributed by atoms with Gasteiger partial charge in [-0.1, -0.05) is 6.07 Å². The molecule has 0 radical (unpaired) electrons. The van der Waals surface area contributed by atoms with Gasteiger partial charge in [-0.3, -0.25) is 0 Å². The number of aliphatic hydroxyl groups is 4. The van der Waals surface area contributed by atoms with Gasteiger partial charge in [0.1, 0.15) is 11.5 Å². The molecule has 0 spiro atoms. The lowest BCUT2D eigenvalue weighted by Gasteiger charge is -2.05. The van der Waals surface area contributed by atoms with Crippen molar-refractivity contribution in [1.82, 2.24) is 0 Å².